The van der Waals surface area contributed by atoms with Crippen LogP contribution in [0.15, 0.2) is 54.6 Å². The van der Waals surface area contributed by atoms with Crippen LogP contribution in [0.3, 0.4) is 0 Å². The normalized spacial score (nSPS) is 12.1. The number of hydrogen-bond acceptors (Lipinski definition) is 6. The molecule has 1 unspecified atom stereocenters. The topological polar surface area (TPSA) is 59.1 Å². The first kappa shape index (κ1) is 21.3. The van der Waals surface area contributed by atoms with Crippen molar-refractivity contribution in [1.82, 2.24) is 15.3 Å². The van der Waals surface area contributed by atoms with Crippen LogP contribution < -0.4 is 15.4 Å². The largest absolute Gasteiger partial charge is 0.497 e. The molecule has 5 nitrogen and oxygen atoms in total. The van der Waals surface area contributed by atoms with E-state index in [0.717, 1.165) is 33.2 Å². The molecule has 0 aliphatic rings. The highest BCUT2D eigenvalue weighted by Gasteiger charge is 2.15. The lowest BCUT2D eigenvalue weighted by Crippen LogP contribution is -2.20. The maximum absolute atomic E-state index is 5.35. The Kier molecular flexibility index (Phi) is 6.49. The third-order valence-corrected chi connectivity index (χ3v) is 6.64. The van der Waals surface area contributed by atoms with Crippen LogP contribution >= 0.6 is 11.3 Å². The number of ether oxygens (including phenoxy) is 1. The number of aromatic nitrogens is 2. The molecule has 4 aromatic rings. The van der Waals surface area contributed by atoms with Crippen LogP contribution in [0.1, 0.15) is 40.4 Å². The summed E-state index contributed by atoms with van der Waals surface area (Å²) in [6.07, 6.45) is 0. The average molecular weight is 433 g/mol. The van der Waals surface area contributed by atoms with Gasteiger partial charge in [0.1, 0.15) is 22.2 Å². The standard InChI is InChI=1S/C25H28N4OS/c1-16-18(3)31-25-23(16)24(27-14-19-9-8-12-21(13-19)30-4)28-22(29-25)15-26-17(2)20-10-6-5-7-11-20/h5-13,17,26H,14-15H2,1-4H3,(H,27,28,29). The van der Waals surface area contributed by atoms with Crippen molar-refractivity contribution in [2.24, 2.45) is 0 Å². The van der Waals surface area contributed by atoms with Crippen molar-refractivity contribution >= 4 is 27.4 Å². The van der Waals surface area contributed by atoms with Crippen LogP contribution in [0.4, 0.5) is 5.82 Å². The molecule has 0 spiro atoms. The van der Waals surface area contributed by atoms with E-state index in [-0.39, 0.29) is 6.04 Å². The quantitative estimate of drug-likeness (QED) is 0.370. The highest BCUT2D eigenvalue weighted by Crippen LogP contribution is 2.33. The van der Waals surface area contributed by atoms with Gasteiger partial charge in [0.2, 0.25) is 0 Å². The molecule has 0 fully saturated rings. The third-order valence-electron chi connectivity index (χ3n) is 5.54. The Morgan fingerprint density at radius 1 is 1.00 bits per heavy atom. The van der Waals surface area contributed by atoms with Crippen molar-refractivity contribution in [3.63, 3.8) is 0 Å². The Hall–Kier alpha value is -2.96. The van der Waals surface area contributed by atoms with Gasteiger partial charge in [0.15, 0.2) is 0 Å². The Bertz CT molecular complexity index is 1170. The number of hydrogen-bond donors (Lipinski definition) is 2. The van der Waals surface area contributed by atoms with Gasteiger partial charge in [0.05, 0.1) is 19.0 Å². The number of thiophene rings is 1. The number of anilines is 1. The number of methoxy groups -OCH3 is 1. The highest BCUT2D eigenvalue weighted by molar-refractivity contribution is 7.18. The molecular formula is C25H28N4OS. The second-order valence-corrected chi connectivity index (χ2v) is 8.87. The van der Waals surface area contributed by atoms with Crippen molar-refractivity contribution in [1.29, 1.82) is 0 Å². The lowest BCUT2D eigenvalue weighted by Gasteiger charge is -2.15. The van der Waals surface area contributed by atoms with Crippen molar-refractivity contribution in [2.45, 2.75) is 39.9 Å². The summed E-state index contributed by atoms with van der Waals surface area (Å²) < 4.78 is 5.35. The van der Waals surface area contributed by atoms with Crippen LogP contribution in [0.25, 0.3) is 10.2 Å². The summed E-state index contributed by atoms with van der Waals surface area (Å²) >= 11 is 1.73. The Balaban J connectivity index is 1.57. The fourth-order valence-electron chi connectivity index (χ4n) is 3.57. The summed E-state index contributed by atoms with van der Waals surface area (Å²) in [4.78, 5) is 12.0. The fourth-order valence-corrected chi connectivity index (χ4v) is 4.62. The van der Waals surface area contributed by atoms with Gasteiger partial charge < -0.3 is 15.4 Å². The Morgan fingerprint density at radius 3 is 2.58 bits per heavy atom. The first-order chi connectivity index (χ1) is 15.0. The molecule has 1 atom stereocenters. The van der Waals surface area contributed by atoms with Crippen LogP contribution in [0.2, 0.25) is 0 Å². The van der Waals surface area contributed by atoms with Crippen LogP contribution in [0, 0.1) is 13.8 Å². The Morgan fingerprint density at radius 2 is 1.81 bits per heavy atom. The molecule has 31 heavy (non-hydrogen) atoms. The maximum Gasteiger partial charge on any atom is 0.146 e. The maximum atomic E-state index is 5.35. The van der Waals surface area contributed by atoms with Crippen LogP contribution in [-0.2, 0) is 13.1 Å². The number of aryl methyl sites for hydroxylation is 2. The summed E-state index contributed by atoms with van der Waals surface area (Å²) in [6, 6.07) is 18.7. The molecule has 6 heteroatoms. The Labute approximate surface area is 187 Å². The molecule has 0 bridgehead atoms. The van der Waals surface area contributed by atoms with Crippen molar-refractivity contribution < 1.29 is 4.74 Å². The number of rotatable bonds is 8. The number of nitrogens with one attached hydrogen (secondary N) is 2. The zero-order valence-electron chi connectivity index (χ0n) is 18.4. The van der Waals surface area contributed by atoms with E-state index in [4.69, 9.17) is 14.7 Å². The summed E-state index contributed by atoms with van der Waals surface area (Å²) in [6.45, 7) is 7.72. The minimum atomic E-state index is 0.223. The van der Waals surface area contributed by atoms with E-state index in [1.165, 1.54) is 16.0 Å². The van der Waals surface area contributed by atoms with Gasteiger partial charge in [-0.1, -0.05) is 42.5 Å². The van der Waals surface area contributed by atoms with Crippen LogP contribution in [-0.4, -0.2) is 17.1 Å². The van der Waals surface area contributed by atoms with Gasteiger partial charge in [0, 0.05) is 17.5 Å². The van der Waals surface area contributed by atoms with E-state index in [9.17, 15) is 0 Å². The lowest BCUT2D eigenvalue weighted by atomic mass is 10.1. The smallest absolute Gasteiger partial charge is 0.146 e. The molecule has 0 aliphatic heterocycles. The third kappa shape index (κ3) is 4.86. The molecule has 0 saturated heterocycles. The molecule has 2 aromatic carbocycles. The minimum Gasteiger partial charge on any atom is -0.497 e. The first-order valence-electron chi connectivity index (χ1n) is 10.5. The summed E-state index contributed by atoms with van der Waals surface area (Å²) in [5.41, 5.74) is 3.64. The molecule has 4 rings (SSSR count). The van der Waals surface area contributed by atoms with E-state index in [1.54, 1.807) is 18.4 Å². The SMILES string of the molecule is COc1cccc(CNc2nc(CNC(C)c3ccccc3)nc3sc(C)c(C)c23)c1. The summed E-state index contributed by atoms with van der Waals surface area (Å²) in [5.74, 6) is 2.54. The zero-order valence-corrected chi connectivity index (χ0v) is 19.2. The molecule has 2 aromatic heterocycles. The monoisotopic (exact) mass is 432 g/mol. The van der Waals surface area contributed by atoms with Gasteiger partial charge in [0.25, 0.3) is 0 Å². The molecule has 0 saturated carbocycles. The first-order valence-corrected chi connectivity index (χ1v) is 11.3. The highest BCUT2D eigenvalue weighted by atomic mass is 32.1. The minimum absolute atomic E-state index is 0.223. The zero-order chi connectivity index (χ0) is 21.8. The fraction of sp³-hybridized carbons (Fsp3) is 0.280. The van der Waals surface area contributed by atoms with E-state index in [0.29, 0.717) is 13.1 Å². The van der Waals surface area contributed by atoms with Crippen molar-refractivity contribution in [3.05, 3.63) is 82.0 Å². The predicted molar refractivity (Wildman–Crippen MR) is 129 cm³/mol. The van der Waals surface area contributed by atoms with Crippen molar-refractivity contribution in [2.75, 3.05) is 12.4 Å². The van der Waals surface area contributed by atoms with E-state index >= 15 is 0 Å². The average Bonchev–Trinajstić information content (AvgIpc) is 3.10. The molecule has 0 aliphatic carbocycles. The second kappa shape index (κ2) is 9.45. The van der Waals surface area contributed by atoms with Gasteiger partial charge in [-0.2, -0.15) is 0 Å². The molecule has 2 heterocycles. The summed E-state index contributed by atoms with van der Waals surface area (Å²) in [5, 5.41) is 8.21. The molecule has 160 valence electrons. The number of benzene rings is 2. The number of nitrogens with zero attached hydrogens (tertiary/aromatic N) is 2. The van der Waals surface area contributed by atoms with Crippen LogP contribution in [0.5, 0.6) is 5.75 Å². The van der Waals surface area contributed by atoms with Crippen molar-refractivity contribution in [3.8, 4) is 5.75 Å². The second-order valence-electron chi connectivity index (χ2n) is 7.67. The predicted octanol–water partition coefficient (Wildman–Crippen LogP) is 5.78. The van der Waals surface area contributed by atoms with Gasteiger partial charge in [-0.05, 0) is 49.6 Å². The van der Waals surface area contributed by atoms with Gasteiger partial charge >= 0.3 is 0 Å². The van der Waals surface area contributed by atoms with Gasteiger partial charge in [-0.3, -0.25) is 0 Å². The van der Waals surface area contributed by atoms with E-state index in [1.807, 2.05) is 24.3 Å². The molecule has 0 amide bonds. The van der Waals surface area contributed by atoms with Gasteiger partial charge in [-0.25, -0.2) is 9.97 Å². The lowest BCUT2D eigenvalue weighted by molar-refractivity contribution is 0.414. The van der Waals surface area contributed by atoms with E-state index < -0.39 is 0 Å². The molecule has 0 radical (unpaired) electrons. The molecular weight excluding hydrogens is 404 g/mol. The van der Waals surface area contributed by atoms with E-state index in [2.05, 4.69) is 61.7 Å². The number of fused-ring (bicyclic) bond motifs is 1. The molecule has 2 N–H and O–H groups in total. The van der Waals surface area contributed by atoms with Gasteiger partial charge in [-0.15, -0.1) is 11.3 Å². The summed E-state index contributed by atoms with van der Waals surface area (Å²) in [7, 11) is 1.69.